The highest BCUT2D eigenvalue weighted by molar-refractivity contribution is 5.94. The summed E-state index contributed by atoms with van der Waals surface area (Å²) in [5.74, 6) is -0.360. The van der Waals surface area contributed by atoms with E-state index in [0.29, 0.717) is 18.7 Å². The van der Waals surface area contributed by atoms with Gasteiger partial charge in [0.15, 0.2) is 0 Å². The maximum atomic E-state index is 13.1. The summed E-state index contributed by atoms with van der Waals surface area (Å²) in [5, 5.41) is 1.15. The number of hydrogen-bond donors (Lipinski definition) is 0. The lowest BCUT2D eigenvalue weighted by atomic mass is 10.1. The molecule has 1 saturated heterocycles. The molecule has 1 fully saturated rings. The SMILES string of the molecule is Cc1ccc2nccc(N3CCCN(C(=O)c4ccc(F)cc4)CC3)c2c1. The maximum Gasteiger partial charge on any atom is 0.253 e. The fraction of sp³-hybridized carbons (Fsp3) is 0.273. The second kappa shape index (κ2) is 7.35. The van der Waals surface area contributed by atoms with Gasteiger partial charge in [-0.25, -0.2) is 4.39 Å². The molecule has 27 heavy (non-hydrogen) atoms. The molecule has 1 amide bonds. The Balaban J connectivity index is 1.55. The molecule has 0 bridgehead atoms. The van der Waals surface area contributed by atoms with E-state index in [1.165, 1.54) is 23.4 Å². The van der Waals surface area contributed by atoms with E-state index in [9.17, 15) is 9.18 Å². The van der Waals surface area contributed by atoms with E-state index in [1.807, 2.05) is 11.1 Å². The summed E-state index contributed by atoms with van der Waals surface area (Å²) in [6.07, 6.45) is 2.74. The topological polar surface area (TPSA) is 36.4 Å². The molecule has 0 spiro atoms. The highest BCUT2D eigenvalue weighted by Crippen LogP contribution is 2.27. The summed E-state index contributed by atoms with van der Waals surface area (Å²) in [7, 11) is 0. The van der Waals surface area contributed by atoms with Crippen LogP contribution < -0.4 is 4.90 Å². The summed E-state index contributed by atoms with van der Waals surface area (Å²) >= 11 is 0. The van der Waals surface area contributed by atoms with E-state index in [2.05, 4.69) is 41.1 Å². The van der Waals surface area contributed by atoms with E-state index >= 15 is 0 Å². The minimum atomic E-state index is -0.326. The summed E-state index contributed by atoms with van der Waals surface area (Å²) in [6.45, 7) is 5.09. The lowest BCUT2D eigenvalue weighted by molar-refractivity contribution is 0.0767. The van der Waals surface area contributed by atoms with Gasteiger partial charge in [0.25, 0.3) is 5.91 Å². The van der Waals surface area contributed by atoms with E-state index in [1.54, 1.807) is 12.1 Å². The molecular formula is C22H22FN3O. The highest BCUT2D eigenvalue weighted by atomic mass is 19.1. The molecule has 0 unspecified atom stereocenters. The number of aromatic nitrogens is 1. The van der Waals surface area contributed by atoms with Crippen LogP contribution in [0.5, 0.6) is 0 Å². The van der Waals surface area contributed by atoms with Crippen LogP contribution >= 0.6 is 0 Å². The van der Waals surface area contributed by atoms with Gasteiger partial charge in [0.1, 0.15) is 5.82 Å². The molecule has 4 nitrogen and oxygen atoms in total. The van der Waals surface area contributed by atoms with Crippen LogP contribution in [0.25, 0.3) is 10.9 Å². The Labute approximate surface area is 158 Å². The van der Waals surface area contributed by atoms with Crippen LogP contribution in [-0.4, -0.2) is 42.0 Å². The van der Waals surface area contributed by atoms with Crippen LogP contribution in [0.4, 0.5) is 10.1 Å². The minimum Gasteiger partial charge on any atom is -0.369 e. The van der Waals surface area contributed by atoms with Gasteiger partial charge in [-0.2, -0.15) is 0 Å². The third-order valence-corrected chi connectivity index (χ3v) is 5.09. The second-order valence-electron chi connectivity index (χ2n) is 6.99. The van der Waals surface area contributed by atoms with Crippen molar-refractivity contribution in [1.29, 1.82) is 0 Å². The average molecular weight is 363 g/mol. The van der Waals surface area contributed by atoms with Gasteiger partial charge < -0.3 is 9.80 Å². The molecule has 5 heteroatoms. The number of pyridine rings is 1. The van der Waals surface area contributed by atoms with Gasteiger partial charge in [-0.3, -0.25) is 9.78 Å². The van der Waals surface area contributed by atoms with Crippen LogP contribution in [0.3, 0.4) is 0 Å². The number of halogens is 1. The van der Waals surface area contributed by atoms with Crippen molar-refractivity contribution in [3.05, 3.63) is 71.7 Å². The molecule has 2 heterocycles. The molecule has 0 aliphatic carbocycles. The Morgan fingerprint density at radius 2 is 1.81 bits per heavy atom. The standard InChI is InChI=1S/C22H22FN3O/c1-16-3-8-20-19(15-16)21(9-10-24-20)25-11-2-12-26(14-13-25)22(27)17-4-6-18(23)7-5-17/h3-10,15H,2,11-14H2,1H3. The summed E-state index contributed by atoms with van der Waals surface area (Å²) in [5.41, 5.74) is 3.90. The van der Waals surface area contributed by atoms with Gasteiger partial charge in [0.2, 0.25) is 0 Å². The molecule has 4 rings (SSSR count). The van der Waals surface area contributed by atoms with Crippen LogP contribution in [0.1, 0.15) is 22.3 Å². The van der Waals surface area contributed by atoms with Crippen LogP contribution in [0.15, 0.2) is 54.7 Å². The maximum absolute atomic E-state index is 13.1. The molecule has 1 aliphatic heterocycles. The first-order chi connectivity index (χ1) is 13.1. The fourth-order valence-electron chi connectivity index (χ4n) is 3.66. The first kappa shape index (κ1) is 17.5. The van der Waals surface area contributed by atoms with Crippen molar-refractivity contribution in [2.24, 2.45) is 0 Å². The van der Waals surface area contributed by atoms with Crippen molar-refractivity contribution in [2.75, 3.05) is 31.1 Å². The lowest BCUT2D eigenvalue weighted by Gasteiger charge is -2.25. The number of nitrogens with zero attached hydrogens (tertiary/aromatic N) is 3. The van der Waals surface area contributed by atoms with Crippen molar-refractivity contribution in [1.82, 2.24) is 9.88 Å². The minimum absolute atomic E-state index is 0.0349. The number of hydrogen-bond acceptors (Lipinski definition) is 3. The van der Waals surface area contributed by atoms with Gasteiger partial charge >= 0.3 is 0 Å². The van der Waals surface area contributed by atoms with Gasteiger partial charge in [-0.1, -0.05) is 11.6 Å². The summed E-state index contributed by atoms with van der Waals surface area (Å²) in [4.78, 5) is 21.4. The van der Waals surface area contributed by atoms with Crippen molar-refractivity contribution in [3.8, 4) is 0 Å². The largest absolute Gasteiger partial charge is 0.369 e. The molecule has 0 radical (unpaired) electrons. The van der Waals surface area contributed by atoms with Gasteiger partial charge in [0.05, 0.1) is 5.52 Å². The predicted molar refractivity (Wildman–Crippen MR) is 106 cm³/mol. The highest BCUT2D eigenvalue weighted by Gasteiger charge is 2.21. The number of anilines is 1. The van der Waals surface area contributed by atoms with Crippen LogP contribution in [0.2, 0.25) is 0 Å². The molecule has 0 atom stereocenters. The number of rotatable bonds is 2. The van der Waals surface area contributed by atoms with E-state index in [-0.39, 0.29) is 11.7 Å². The molecule has 138 valence electrons. The number of carbonyl (C=O) groups excluding carboxylic acids is 1. The molecule has 0 N–H and O–H groups in total. The molecule has 1 aliphatic rings. The second-order valence-corrected chi connectivity index (χ2v) is 6.99. The quantitative estimate of drug-likeness (QED) is 0.690. The third kappa shape index (κ3) is 3.63. The van der Waals surface area contributed by atoms with E-state index in [4.69, 9.17) is 0 Å². The summed E-state index contributed by atoms with van der Waals surface area (Å²) in [6, 6.07) is 14.1. The Morgan fingerprint density at radius 1 is 1.00 bits per heavy atom. The number of carbonyl (C=O) groups is 1. The molecule has 3 aromatic rings. The van der Waals surface area contributed by atoms with E-state index < -0.39 is 0 Å². The Bertz CT molecular complexity index is 971. The third-order valence-electron chi connectivity index (χ3n) is 5.09. The molecular weight excluding hydrogens is 341 g/mol. The van der Waals surface area contributed by atoms with Crippen molar-refractivity contribution in [3.63, 3.8) is 0 Å². The van der Waals surface area contributed by atoms with Crippen molar-refractivity contribution < 1.29 is 9.18 Å². The Kier molecular flexibility index (Phi) is 4.75. The Hall–Kier alpha value is -2.95. The normalized spacial score (nSPS) is 15.0. The molecule has 0 saturated carbocycles. The zero-order chi connectivity index (χ0) is 18.8. The fourth-order valence-corrected chi connectivity index (χ4v) is 3.66. The first-order valence-corrected chi connectivity index (χ1v) is 9.27. The zero-order valence-electron chi connectivity index (χ0n) is 15.4. The van der Waals surface area contributed by atoms with Gasteiger partial charge in [-0.05, 0) is 55.8 Å². The smallest absolute Gasteiger partial charge is 0.253 e. The zero-order valence-corrected chi connectivity index (χ0v) is 15.4. The average Bonchev–Trinajstić information content (AvgIpc) is 2.93. The lowest BCUT2D eigenvalue weighted by Crippen LogP contribution is -2.35. The van der Waals surface area contributed by atoms with Gasteiger partial charge in [0, 0.05) is 49.0 Å². The van der Waals surface area contributed by atoms with Crippen molar-refractivity contribution >= 4 is 22.5 Å². The molecule has 2 aromatic carbocycles. The number of fused-ring (bicyclic) bond motifs is 1. The van der Waals surface area contributed by atoms with E-state index in [0.717, 1.165) is 30.4 Å². The monoisotopic (exact) mass is 363 g/mol. The van der Waals surface area contributed by atoms with Gasteiger partial charge in [-0.15, -0.1) is 0 Å². The number of amides is 1. The number of benzene rings is 2. The predicted octanol–water partition coefficient (Wildman–Crippen LogP) is 4.03. The first-order valence-electron chi connectivity index (χ1n) is 9.27. The molecule has 1 aromatic heterocycles. The van der Waals surface area contributed by atoms with Crippen LogP contribution in [-0.2, 0) is 0 Å². The summed E-state index contributed by atoms with van der Waals surface area (Å²) < 4.78 is 13.1. The van der Waals surface area contributed by atoms with Crippen molar-refractivity contribution in [2.45, 2.75) is 13.3 Å². The number of aryl methyl sites for hydroxylation is 1. The van der Waals surface area contributed by atoms with Crippen LogP contribution in [0, 0.1) is 12.7 Å². The Morgan fingerprint density at radius 3 is 2.63 bits per heavy atom.